The number of piperazine rings is 1. The smallest absolute Gasteiger partial charge is 0.337 e. The number of nitrogens with one attached hydrogen (secondary N) is 2. The zero-order valence-corrected chi connectivity index (χ0v) is 16.5. The van der Waals surface area contributed by atoms with Crippen molar-refractivity contribution in [3.05, 3.63) is 64.7 Å². The Morgan fingerprint density at radius 2 is 1.67 bits per heavy atom. The molecular formula is C22H30N2O3+2. The first kappa shape index (κ1) is 19.4. The highest BCUT2D eigenvalue weighted by Gasteiger charge is 2.24. The van der Waals surface area contributed by atoms with Crippen LogP contribution in [0.3, 0.4) is 0 Å². The fraction of sp³-hybridized carbons (Fsp3) is 0.409. The second kappa shape index (κ2) is 9.02. The molecule has 1 saturated heterocycles. The molecule has 1 fully saturated rings. The average molecular weight is 370 g/mol. The summed E-state index contributed by atoms with van der Waals surface area (Å²) in [5, 5.41) is 0. The number of aryl methyl sites for hydroxylation is 1. The molecule has 0 spiro atoms. The van der Waals surface area contributed by atoms with Gasteiger partial charge in [0, 0.05) is 11.1 Å². The Morgan fingerprint density at radius 3 is 2.33 bits per heavy atom. The number of quaternary nitrogens is 2. The lowest BCUT2D eigenvalue weighted by Crippen LogP contribution is -3.27. The lowest BCUT2D eigenvalue weighted by Gasteiger charge is -2.30. The Hall–Kier alpha value is -2.37. The van der Waals surface area contributed by atoms with Crippen LogP contribution in [-0.4, -0.2) is 46.4 Å². The van der Waals surface area contributed by atoms with Crippen molar-refractivity contribution in [1.82, 2.24) is 0 Å². The van der Waals surface area contributed by atoms with Gasteiger partial charge >= 0.3 is 5.97 Å². The van der Waals surface area contributed by atoms with E-state index >= 15 is 0 Å². The summed E-state index contributed by atoms with van der Waals surface area (Å²) in [6.45, 7) is 8.63. The molecule has 0 amide bonds. The average Bonchev–Trinajstić information content (AvgIpc) is 2.69. The standard InChI is InChI=1S/C22H28N2O3/c1-17-7-8-21(26-2)20(13-17)16-24-11-9-23(10-12-24)15-18-5-4-6-19(14-18)22(25)27-3/h4-8,13-14H,9-12,15-16H2,1-3H3/p+2. The molecule has 0 radical (unpaired) electrons. The minimum atomic E-state index is -0.270. The van der Waals surface area contributed by atoms with Crippen molar-refractivity contribution in [3.63, 3.8) is 0 Å². The first-order chi connectivity index (χ1) is 13.1. The van der Waals surface area contributed by atoms with Crippen molar-refractivity contribution in [2.75, 3.05) is 40.4 Å². The molecule has 144 valence electrons. The second-order valence-electron chi connectivity index (χ2n) is 7.36. The summed E-state index contributed by atoms with van der Waals surface area (Å²) >= 11 is 0. The minimum absolute atomic E-state index is 0.270. The fourth-order valence-electron chi connectivity index (χ4n) is 3.84. The van der Waals surface area contributed by atoms with Crippen molar-refractivity contribution in [2.45, 2.75) is 20.0 Å². The van der Waals surface area contributed by atoms with Gasteiger partial charge in [0.2, 0.25) is 0 Å². The van der Waals surface area contributed by atoms with E-state index in [0.29, 0.717) is 5.56 Å². The van der Waals surface area contributed by atoms with Gasteiger partial charge in [0.1, 0.15) is 45.0 Å². The molecule has 0 aliphatic carbocycles. The second-order valence-corrected chi connectivity index (χ2v) is 7.36. The molecule has 2 N–H and O–H groups in total. The van der Waals surface area contributed by atoms with E-state index in [1.807, 2.05) is 18.2 Å². The topological polar surface area (TPSA) is 44.4 Å². The summed E-state index contributed by atoms with van der Waals surface area (Å²) in [6.07, 6.45) is 0. The fourth-order valence-corrected chi connectivity index (χ4v) is 3.84. The van der Waals surface area contributed by atoms with Crippen LogP contribution in [0.25, 0.3) is 0 Å². The summed E-state index contributed by atoms with van der Waals surface area (Å²) in [5.41, 5.74) is 4.39. The van der Waals surface area contributed by atoms with Gasteiger partial charge < -0.3 is 19.3 Å². The third-order valence-corrected chi connectivity index (χ3v) is 5.34. The Morgan fingerprint density at radius 1 is 0.963 bits per heavy atom. The lowest BCUT2D eigenvalue weighted by atomic mass is 10.1. The van der Waals surface area contributed by atoms with Crippen molar-refractivity contribution in [3.8, 4) is 5.75 Å². The molecule has 1 aliphatic heterocycles. The van der Waals surface area contributed by atoms with Crippen molar-refractivity contribution in [1.29, 1.82) is 0 Å². The molecule has 0 unspecified atom stereocenters. The Kier molecular flexibility index (Phi) is 6.48. The maximum Gasteiger partial charge on any atom is 0.337 e. The zero-order valence-electron chi connectivity index (χ0n) is 16.5. The molecular weight excluding hydrogens is 340 g/mol. The lowest BCUT2D eigenvalue weighted by molar-refractivity contribution is -1.02. The number of benzene rings is 2. The van der Waals surface area contributed by atoms with E-state index in [4.69, 9.17) is 9.47 Å². The van der Waals surface area contributed by atoms with Gasteiger partial charge in [-0.25, -0.2) is 4.79 Å². The van der Waals surface area contributed by atoms with Crippen molar-refractivity contribution < 1.29 is 24.1 Å². The van der Waals surface area contributed by atoms with E-state index in [-0.39, 0.29) is 5.97 Å². The number of rotatable bonds is 6. The Balaban J connectivity index is 1.55. The minimum Gasteiger partial charge on any atom is -0.496 e. The van der Waals surface area contributed by atoms with Gasteiger partial charge in [0.05, 0.1) is 19.8 Å². The van der Waals surface area contributed by atoms with Crippen LogP contribution in [0.1, 0.15) is 27.0 Å². The molecule has 0 aromatic heterocycles. The third kappa shape index (κ3) is 5.08. The number of esters is 1. The quantitative estimate of drug-likeness (QED) is 0.718. The predicted octanol–water partition coefficient (Wildman–Crippen LogP) is 0.274. The van der Waals surface area contributed by atoms with Crippen LogP contribution < -0.4 is 14.5 Å². The summed E-state index contributed by atoms with van der Waals surface area (Å²) in [7, 11) is 3.17. The van der Waals surface area contributed by atoms with E-state index < -0.39 is 0 Å². The van der Waals surface area contributed by atoms with Gasteiger partial charge in [-0.1, -0.05) is 23.8 Å². The van der Waals surface area contributed by atoms with E-state index in [1.165, 1.54) is 23.8 Å². The summed E-state index contributed by atoms with van der Waals surface area (Å²) in [5.74, 6) is 0.718. The molecule has 0 saturated carbocycles. The number of carbonyl (C=O) groups is 1. The molecule has 1 aliphatic rings. The van der Waals surface area contributed by atoms with Crippen molar-refractivity contribution >= 4 is 5.97 Å². The van der Waals surface area contributed by atoms with Crippen LogP contribution >= 0.6 is 0 Å². The van der Waals surface area contributed by atoms with Crippen LogP contribution in [-0.2, 0) is 17.8 Å². The number of hydrogen-bond acceptors (Lipinski definition) is 3. The maximum absolute atomic E-state index is 11.7. The zero-order chi connectivity index (χ0) is 19.2. The summed E-state index contributed by atoms with van der Waals surface area (Å²) < 4.78 is 10.3. The van der Waals surface area contributed by atoms with E-state index in [0.717, 1.165) is 45.0 Å². The van der Waals surface area contributed by atoms with E-state index in [9.17, 15) is 4.79 Å². The van der Waals surface area contributed by atoms with Crippen LogP contribution in [0.5, 0.6) is 5.75 Å². The number of methoxy groups -OCH3 is 2. The first-order valence-electron chi connectivity index (χ1n) is 9.57. The highest BCUT2D eigenvalue weighted by Crippen LogP contribution is 2.18. The molecule has 1 heterocycles. The van der Waals surface area contributed by atoms with Crippen molar-refractivity contribution in [2.24, 2.45) is 0 Å². The number of ether oxygens (including phenoxy) is 2. The van der Waals surface area contributed by atoms with Gasteiger partial charge in [-0.05, 0) is 31.2 Å². The predicted molar refractivity (Wildman–Crippen MR) is 104 cm³/mol. The van der Waals surface area contributed by atoms with Crippen LogP contribution in [0.2, 0.25) is 0 Å². The highest BCUT2D eigenvalue weighted by atomic mass is 16.5. The summed E-state index contributed by atoms with van der Waals surface area (Å²) in [6, 6.07) is 14.2. The number of carbonyl (C=O) groups excluding carboxylic acids is 1. The SMILES string of the molecule is COC(=O)c1cccc(C[NH+]2CC[NH+](Cc3cc(C)ccc3OC)CC2)c1. The molecule has 2 aromatic carbocycles. The molecule has 5 heteroatoms. The van der Waals surface area contributed by atoms with Gasteiger partial charge in [0.15, 0.2) is 0 Å². The molecule has 3 rings (SSSR count). The third-order valence-electron chi connectivity index (χ3n) is 5.34. The number of hydrogen-bond donors (Lipinski definition) is 2. The normalized spacial score (nSPS) is 19.5. The van der Waals surface area contributed by atoms with Gasteiger partial charge in [0.25, 0.3) is 0 Å². The van der Waals surface area contributed by atoms with Gasteiger partial charge in [-0.15, -0.1) is 0 Å². The molecule has 0 atom stereocenters. The monoisotopic (exact) mass is 370 g/mol. The first-order valence-corrected chi connectivity index (χ1v) is 9.57. The Bertz CT molecular complexity index is 783. The van der Waals surface area contributed by atoms with E-state index in [1.54, 1.807) is 16.9 Å². The van der Waals surface area contributed by atoms with Gasteiger partial charge in [-0.3, -0.25) is 0 Å². The van der Waals surface area contributed by atoms with E-state index in [2.05, 4.69) is 31.2 Å². The molecule has 2 aromatic rings. The largest absolute Gasteiger partial charge is 0.496 e. The highest BCUT2D eigenvalue weighted by molar-refractivity contribution is 5.89. The maximum atomic E-state index is 11.7. The van der Waals surface area contributed by atoms with Crippen LogP contribution in [0.4, 0.5) is 0 Å². The van der Waals surface area contributed by atoms with Gasteiger partial charge in [-0.2, -0.15) is 0 Å². The van der Waals surface area contributed by atoms with Crippen LogP contribution in [0.15, 0.2) is 42.5 Å². The Labute approximate surface area is 161 Å². The molecule has 5 nitrogen and oxygen atoms in total. The molecule has 27 heavy (non-hydrogen) atoms. The summed E-state index contributed by atoms with van der Waals surface area (Å²) in [4.78, 5) is 14.9. The van der Waals surface area contributed by atoms with Crippen LogP contribution in [0, 0.1) is 6.92 Å². The molecule has 0 bridgehead atoms.